The van der Waals surface area contributed by atoms with Crippen LogP contribution in [-0.4, -0.2) is 37.0 Å². The van der Waals surface area contributed by atoms with Gasteiger partial charge in [-0.2, -0.15) is 0 Å². The number of amides is 1. The first kappa shape index (κ1) is 15.8. The Kier molecular flexibility index (Phi) is 4.53. The number of nitrogens with zero attached hydrogens (tertiary/aromatic N) is 1. The van der Waals surface area contributed by atoms with Crippen molar-refractivity contribution in [2.24, 2.45) is 5.73 Å². The molecule has 4 nitrogen and oxygen atoms in total. The number of likely N-dealkylation sites (tertiary alicyclic amines) is 1. The molecule has 1 heterocycles. The van der Waals surface area contributed by atoms with Crippen molar-refractivity contribution in [2.75, 3.05) is 20.2 Å². The van der Waals surface area contributed by atoms with E-state index in [9.17, 15) is 4.79 Å². The summed E-state index contributed by atoms with van der Waals surface area (Å²) in [5.74, 6) is 0.872. The van der Waals surface area contributed by atoms with E-state index in [1.807, 2.05) is 36.1 Å². The standard InChI is InChI=1S/C19H24N2O2/c1-13(19(22)21-9-3-4-17(20)12-21)14-5-6-16-11-18(23-2)8-7-15(16)10-14/h5-8,10-11,13,17H,3-4,9,12,20H2,1-2H3. The van der Waals surface area contributed by atoms with Gasteiger partial charge >= 0.3 is 0 Å². The zero-order valence-electron chi connectivity index (χ0n) is 13.8. The number of methoxy groups -OCH3 is 1. The Balaban J connectivity index is 1.82. The van der Waals surface area contributed by atoms with Crippen molar-refractivity contribution in [3.63, 3.8) is 0 Å². The zero-order chi connectivity index (χ0) is 16.4. The summed E-state index contributed by atoms with van der Waals surface area (Å²) in [7, 11) is 1.67. The highest BCUT2D eigenvalue weighted by atomic mass is 16.5. The Labute approximate surface area is 137 Å². The van der Waals surface area contributed by atoms with Crippen LogP contribution in [0.1, 0.15) is 31.2 Å². The van der Waals surface area contributed by atoms with Crippen LogP contribution < -0.4 is 10.5 Å². The third kappa shape index (κ3) is 3.32. The summed E-state index contributed by atoms with van der Waals surface area (Å²) >= 11 is 0. The first-order valence-corrected chi connectivity index (χ1v) is 8.20. The molecular formula is C19H24N2O2. The summed E-state index contributed by atoms with van der Waals surface area (Å²) in [5, 5.41) is 2.24. The Hall–Kier alpha value is -2.07. The maximum absolute atomic E-state index is 12.7. The second-order valence-corrected chi connectivity index (χ2v) is 6.38. The van der Waals surface area contributed by atoms with Gasteiger partial charge in [0.15, 0.2) is 0 Å². The predicted octanol–water partition coefficient (Wildman–Crippen LogP) is 2.90. The van der Waals surface area contributed by atoms with E-state index in [1.54, 1.807) is 7.11 Å². The van der Waals surface area contributed by atoms with Gasteiger partial charge in [0.1, 0.15) is 5.75 Å². The van der Waals surface area contributed by atoms with E-state index < -0.39 is 0 Å². The molecular weight excluding hydrogens is 288 g/mol. The zero-order valence-corrected chi connectivity index (χ0v) is 13.8. The highest BCUT2D eigenvalue weighted by Gasteiger charge is 2.26. The van der Waals surface area contributed by atoms with Gasteiger partial charge in [0.25, 0.3) is 0 Å². The summed E-state index contributed by atoms with van der Waals surface area (Å²) in [6.45, 7) is 3.47. The lowest BCUT2D eigenvalue weighted by Crippen LogP contribution is -2.47. The molecule has 0 bridgehead atoms. The van der Waals surface area contributed by atoms with E-state index in [-0.39, 0.29) is 17.9 Å². The SMILES string of the molecule is COc1ccc2cc(C(C)C(=O)N3CCCC(N)C3)ccc2c1. The molecule has 4 heteroatoms. The highest BCUT2D eigenvalue weighted by Crippen LogP contribution is 2.26. The molecule has 1 aliphatic heterocycles. The minimum absolute atomic E-state index is 0.115. The summed E-state index contributed by atoms with van der Waals surface area (Å²) in [6.07, 6.45) is 2.01. The van der Waals surface area contributed by atoms with Gasteiger partial charge in [-0.3, -0.25) is 4.79 Å². The average Bonchev–Trinajstić information content (AvgIpc) is 2.59. The van der Waals surface area contributed by atoms with Gasteiger partial charge in [0.05, 0.1) is 13.0 Å². The smallest absolute Gasteiger partial charge is 0.229 e. The van der Waals surface area contributed by atoms with Gasteiger partial charge < -0.3 is 15.4 Å². The molecule has 2 aromatic carbocycles. The molecule has 3 rings (SSSR count). The molecule has 0 spiro atoms. The Morgan fingerprint density at radius 1 is 1.26 bits per heavy atom. The van der Waals surface area contributed by atoms with Crippen molar-refractivity contribution in [3.8, 4) is 5.75 Å². The maximum atomic E-state index is 12.7. The molecule has 1 saturated heterocycles. The fourth-order valence-electron chi connectivity index (χ4n) is 3.27. The second kappa shape index (κ2) is 6.59. The Bertz CT molecular complexity index is 714. The van der Waals surface area contributed by atoms with Crippen molar-refractivity contribution in [1.29, 1.82) is 0 Å². The van der Waals surface area contributed by atoms with Crippen LogP contribution in [0.15, 0.2) is 36.4 Å². The van der Waals surface area contributed by atoms with E-state index in [2.05, 4.69) is 12.1 Å². The fraction of sp³-hybridized carbons (Fsp3) is 0.421. The number of ether oxygens (including phenoxy) is 1. The van der Waals surface area contributed by atoms with Gasteiger partial charge in [-0.1, -0.05) is 24.3 Å². The maximum Gasteiger partial charge on any atom is 0.229 e. The lowest BCUT2D eigenvalue weighted by molar-refractivity contribution is -0.133. The number of carbonyl (C=O) groups excluding carboxylic acids is 1. The summed E-state index contributed by atoms with van der Waals surface area (Å²) in [5.41, 5.74) is 7.05. The van der Waals surface area contributed by atoms with Crippen LogP contribution >= 0.6 is 0 Å². The molecule has 23 heavy (non-hydrogen) atoms. The monoisotopic (exact) mass is 312 g/mol. The number of fused-ring (bicyclic) bond motifs is 1. The molecule has 1 fully saturated rings. The van der Waals surface area contributed by atoms with Gasteiger partial charge in [-0.05, 0) is 48.2 Å². The third-order valence-corrected chi connectivity index (χ3v) is 4.71. The lowest BCUT2D eigenvalue weighted by atomic mass is 9.95. The number of piperidine rings is 1. The normalized spacial score (nSPS) is 19.6. The van der Waals surface area contributed by atoms with Crippen molar-refractivity contribution in [2.45, 2.75) is 31.7 Å². The summed E-state index contributed by atoms with van der Waals surface area (Å²) in [6, 6.07) is 12.3. The van der Waals surface area contributed by atoms with E-state index in [1.165, 1.54) is 0 Å². The largest absolute Gasteiger partial charge is 0.497 e. The van der Waals surface area contributed by atoms with Crippen molar-refractivity contribution < 1.29 is 9.53 Å². The van der Waals surface area contributed by atoms with Crippen LogP contribution in [-0.2, 0) is 4.79 Å². The van der Waals surface area contributed by atoms with Crippen LogP contribution in [0.2, 0.25) is 0 Å². The first-order valence-electron chi connectivity index (χ1n) is 8.20. The number of rotatable bonds is 3. The Morgan fingerprint density at radius 2 is 2.00 bits per heavy atom. The minimum atomic E-state index is -0.146. The second-order valence-electron chi connectivity index (χ2n) is 6.38. The van der Waals surface area contributed by atoms with Crippen molar-refractivity contribution in [3.05, 3.63) is 42.0 Å². The van der Waals surface area contributed by atoms with Crippen LogP contribution in [0, 0.1) is 0 Å². The molecule has 0 aromatic heterocycles. The Morgan fingerprint density at radius 3 is 2.74 bits per heavy atom. The molecule has 122 valence electrons. The predicted molar refractivity (Wildman–Crippen MR) is 92.7 cm³/mol. The number of hydrogen-bond donors (Lipinski definition) is 1. The van der Waals surface area contributed by atoms with Gasteiger partial charge in [0, 0.05) is 19.1 Å². The number of carbonyl (C=O) groups is 1. The van der Waals surface area contributed by atoms with Gasteiger partial charge in [-0.15, -0.1) is 0 Å². The summed E-state index contributed by atoms with van der Waals surface area (Å²) in [4.78, 5) is 14.6. The van der Waals surface area contributed by atoms with E-state index in [0.717, 1.165) is 41.5 Å². The molecule has 2 N–H and O–H groups in total. The number of benzene rings is 2. The lowest BCUT2D eigenvalue weighted by Gasteiger charge is -2.32. The van der Waals surface area contributed by atoms with Crippen LogP contribution in [0.5, 0.6) is 5.75 Å². The fourth-order valence-corrected chi connectivity index (χ4v) is 3.27. The van der Waals surface area contributed by atoms with Crippen LogP contribution in [0.4, 0.5) is 0 Å². The first-order chi connectivity index (χ1) is 11.1. The van der Waals surface area contributed by atoms with Crippen molar-refractivity contribution >= 4 is 16.7 Å². The third-order valence-electron chi connectivity index (χ3n) is 4.71. The molecule has 2 aromatic rings. The minimum Gasteiger partial charge on any atom is -0.497 e. The van der Waals surface area contributed by atoms with Crippen LogP contribution in [0.3, 0.4) is 0 Å². The molecule has 1 aliphatic rings. The molecule has 0 radical (unpaired) electrons. The van der Waals surface area contributed by atoms with E-state index >= 15 is 0 Å². The molecule has 0 saturated carbocycles. The van der Waals surface area contributed by atoms with Crippen molar-refractivity contribution in [1.82, 2.24) is 4.90 Å². The van der Waals surface area contributed by atoms with Gasteiger partial charge in [-0.25, -0.2) is 0 Å². The molecule has 2 atom stereocenters. The quantitative estimate of drug-likeness (QED) is 0.948. The topological polar surface area (TPSA) is 55.6 Å². The van der Waals surface area contributed by atoms with E-state index in [0.29, 0.717) is 6.54 Å². The highest BCUT2D eigenvalue weighted by molar-refractivity contribution is 5.88. The van der Waals surface area contributed by atoms with Crippen LogP contribution in [0.25, 0.3) is 10.8 Å². The summed E-state index contributed by atoms with van der Waals surface area (Å²) < 4.78 is 5.25. The molecule has 2 unspecified atom stereocenters. The average molecular weight is 312 g/mol. The molecule has 0 aliphatic carbocycles. The molecule has 1 amide bonds. The number of nitrogens with two attached hydrogens (primary N) is 1. The van der Waals surface area contributed by atoms with E-state index in [4.69, 9.17) is 10.5 Å². The van der Waals surface area contributed by atoms with Gasteiger partial charge in [0.2, 0.25) is 5.91 Å². The number of hydrogen-bond acceptors (Lipinski definition) is 3.